The number of nitrogens with zero attached hydrogens (tertiary/aromatic N) is 3. The molecule has 2 aromatic heterocycles. The number of fused-ring (bicyclic) bond motifs is 9. The maximum Gasteiger partial charge on any atom is 0.0641 e. The number of anilines is 3. The Balaban J connectivity index is 1.18. The van der Waals surface area contributed by atoms with Gasteiger partial charge in [0.1, 0.15) is 0 Å². The number of hydrogen-bond donors (Lipinski definition) is 0. The summed E-state index contributed by atoms with van der Waals surface area (Å²) in [6, 6.07) is 68.6. The first kappa shape index (κ1) is 30.8. The SMILES string of the molecule is CC1(C)c2ccccc2-n2c3cc(-c4ccc(N(c5ccccc5)c5ccccc5)cc4)ccc3c3c2c1cc1c2ccccc2n(-c2ccccc2)c13. The zero-order valence-corrected chi connectivity index (χ0v) is 30.2. The van der Waals surface area contributed by atoms with Crippen molar-refractivity contribution in [2.75, 3.05) is 4.90 Å². The van der Waals surface area contributed by atoms with Crippen LogP contribution in [0, 0.1) is 0 Å². The fourth-order valence-corrected chi connectivity index (χ4v) is 9.15. The number of benzene rings is 8. The van der Waals surface area contributed by atoms with Crippen LogP contribution in [0.2, 0.25) is 0 Å². The minimum Gasteiger partial charge on any atom is -0.311 e. The quantitative estimate of drug-likeness (QED) is 0.175. The van der Waals surface area contributed by atoms with Gasteiger partial charge in [0.25, 0.3) is 0 Å². The predicted octanol–water partition coefficient (Wildman–Crippen LogP) is 13.7. The summed E-state index contributed by atoms with van der Waals surface area (Å²) >= 11 is 0. The first-order chi connectivity index (χ1) is 26.6. The zero-order valence-electron chi connectivity index (χ0n) is 30.2. The molecule has 1 aliphatic heterocycles. The Morgan fingerprint density at radius 1 is 0.407 bits per heavy atom. The van der Waals surface area contributed by atoms with Crippen molar-refractivity contribution in [1.82, 2.24) is 9.13 Å². The van der Waals surface area contributed by atoms with Gasteiger partial charge in [-0.25, -0.2) is 0 Å². The van der Waals surface area contributed by atoms with E-state index in [-0.39, 0.29) is 5.41 Å². The van der Waals surface area contributed by atoms with Crippen LogP contribution in [0.5, 0.6) is 0 Å². The van der Waals surface area contributed by atoms with E-state index < -0.39 is 0 Å². The van der Waals surface area contributed by atoms with E-state index in [0.717, 1.165) is 17.1 Å². The van der Waals surface area contributed by atoms with Gasteiger partial charge in [0.2, 0.25) is 0 Å². The first-order valence-corrected chi connectivity index (χ1v) is 18.8. The molecule has 8 aromatic carbocycles. The van der Waals surface area contributed by atoms with Gasteiger partial charge >= 0.3 is 0 Å². The van der Waals surface area contributed by atoms with Crippen molar-refractivity contribution in [3.8, 4) is 22.5 Å². The van der Waals surface area contributed by atoms with Crippen LogP contribution in [-0.4, -0.2) is 9.13 Å². The summed E-state index contributed by atoms with van der Waals surface area (Å²) in [6.45, 7) is 4.79. The van der Waals surface area contributed by atoms with Gasteiger partial charge in [-0.05, 0) is 95.1 Å². The molecule has 3 nitrogen and oxygen atoms in total. The van der Waals surface area contributed by atoms with Crippen LogP contribution in [0.4, 0.5) is 17.1 Å². The minimum atomic E-state index is -0.189. The van der Waals surface area contributed by atoms with Gasteiger partial charge in [-0.15, -0.1) is 0 Å². The number of rotatable bonds is 5. The fraction of sp³-hybridized carbons (Fsp3) is 0.0588. The van der Waals surface area contributed by atoms with Crippen molar-refractivity contribution in [2.24, 2.45) is 0 Å². The molecular weight excluding hydrogens is 655 g/mol. The molecule has 11 rings (SSSR count). The normalized spacial score (nSPS) is 13.1. The first-order valence-electron chi connectivity index (χ1n) is 18.8. The summed E-state index contributed by atoms with van der Waals surface area (Å²) in [4.78, 5) is 2.31. The second-order valence-electron chi connectivity index (χ2n) is 15.0. The molecule has 3 heteroatoms. The van der Waals surface area contributed by atoms with Gasteiger partial charge < -0.3 is 14.0 Å². The lowest BCUT2D eigenvalue weighted by atomic mass is 9.74. The molecule has 54 heavy (non-hydrogen) atoms. The molecule has 0 N–H and O–H groups in total. The van der Waals surface area contributed by atoms with E-state index in [0.29, 0.717) is 0 Å². The molecule has 3 heterocycles. The van der Waals surface area contributed by atoms with Gasteiger partial charge in [-0.1, -0.05) is 129 Å². The highest BCUT2D eigenvalue weighted by Gasteiger charge is 2.37. The van der Waals surface area contributed by atoms with E-state index in [1.165, 1.54) is 77.2 Å². The standard InChI is InChI=1S/C51H37N3/c1-51(2)43-23-13-15-25-46(43)54-47-32-35(34-26-29-39(30-27-34)52(36-16-6-3-7-17-36)37-18-8-4-9-19-37)28-31-41(47)48-49-42(33-44(51)50(48)54)40-22-12-14-24-45(40)53(49)38-20-10-5-11-21-38/h3-33H,1-2H3. The van der Waals surface area contributed by atoms with E-state index in [4.69, 9.17) is 0 Å². The minimum absolute atomic E-state index is 0.189. The molecule has 10 aromatic rings. The summed E-state index contributed by atoms with van der Waals surface area (Å²) in [6.07, 6.45) is 0. The third-order valence-electron chi connectivity index (χ3n) is 11.7. The summed E-state index contributed by atoms with van der Waals surface area (Å²) in [5, 5.41) is 5.15. The molecule has 0 saturated heterocycles. The van der Waals surface area contributed by atoms with E-state index >= 15 is 0 Å². The van der Waals surface area contributed by atoms with Gasteiger partial charge in [-0.3, -0.25) is 0 Å². The highest BCUT2D eigenvalue weighted by molar-refractivity contribution is 6.27. The summed E-state index contributed by atoms with van der Waals surface area (Å²) in [5.41, 5.74) is 15.7. The van der Waals surface area contributed by atoms with Crippen LogP contribution in [0.25, 0.3) is 66.1 Å². The van der Waals surface area contributed by atoms with Crippen LogP contribution in [0.1, 0.15) is 25.0 Å². The molecule has 0 unspecified atom stereocenters. The van der Waals surface area contributed by atoms with E-state index in [9.17, 15) is 0 Å². The lowest BCUT2D eigenvalue weighted by Gasteiger charge is -2.35. The monoisotopic (exact) mass is 691 g/mol. The average Bonchev–Trinajstić information content (AvgIpc) is 3.74. The van der Waals surface area contributed by atoms with Gasteiger partial charge in [0.15, 0.2) is 0 Å². The van der Waals surface area contributed by atoms with E-state index in [1.807, 2.05) is 0 Å². The number of para-hydroxylation sites is 5. The third kappa shape index (κ3) is 4.36. The Morgan fingerprint density at radius 3 is 1.72 bits per heavy atom. The van der Waals surface area contributed by atoms with Crippen molar-refractivity contribution >= 4 is 60.7 Å². The van der Waals surface area contributed by atoms with Crippen molar-refractivity contribution in [3.05, 3.63) is 199 Å². The molecule has 0 atom stereocenters. The highest BCUT2D eigenvalue weighted by Crippen LogP contribution is 2.52. The Kier molecular flexibility index (Phi) is 6.60. The van der Waals surface area contributed by atoms with Crippen LogP contribution in [0.15, 0.2) is 188 Å². The van der Waals surface area contributed by atoms with Crippen molar-refractivity contribution in [3.63, 3.8) is 0 Å². The Labute approximate surface area is 314 Å². The molecule has 0 bridgehead atoms. The van der Waals surface area contributed by atoms with Gasteiger partial charge in [-0.2, -0.15) is 0 Å². The fourth-order valence-electron chi connectivity index (χ4n) is 9.15. The van der Waals surface area contributed by atoms with Crippen molar-refractivity contribution in [2.45, 2.75) is 19.3 Å². The lowest BCUT2D eigenvalue weighted by Crippen LogP contribution is -2.26. The van der Waals surface area contributed by atoms with Crippen LogP contribution >= 0.6 is 0 Å². The number of aromatic nitrogens is 2. The maximum absolute atomic E-state index is 2.55. The Bertz CT molecular complexity index is 3000. The average molecular weight is 692 g/mol. The molecule has 0 radical (unpaired) electrons. The molecule has 0 spiro atoms. The van der Waals surface area contributed by atoms with Crippen LogP contribution in [0.3, 0.4) is 0 Å². The summed E-state index contributed by atoms with van der Waals surface area (Å²) in [7, 11) is 0. The second-order valence-corrected chi connectivity index (χ2v) is 15.0. The molecular formula is C51H37N3. The maximum atomic E-state index is 2.55. The molecule has 0 amide bonds. The molecule has 0 fully saturated rings. The van der Waals surface area contributed by atoms with Crippen LogP contribution in [-0.2, 0) is 5.41 Å². The summed E-state index contributed by atoms with van der Waals surface area (Å²) < 4.78 is 5.04. The smallest absolute Gasteiger partial charge is 0.0641 e. The largest absolute Gasteiger partial charge is 0.311 e. The highest BCUT2D eigenvalue weighted by atomic mass is 15.1. The number of hydrogen-bond acceptors (Lipinski definition) is 1. The van der Waals surface area contributed by atoms with Gasteiger partial charge in [0.05, 0.1) is 27.8 Å². The zero-order chi connectivity index (χ0) is 36.0. The van der Waals surface area contributed by atoms with Crippen molar-refractivity contribution < 1.29 is 0 Å². The van der Waals surface area contributed by atoms with Gasteiger partial charge in [0, 0.05) is 49.7 Å². The molecule has 1 aliphatic rings. The topological polar surface area (TPSA) is 13.1 Å². The third-order valence-corrected chi connectivity index (χ3v) is 11.7. The lowest BCUT2D eigenvalue weighted by molar-refractivity contribution is 0.631. The van der Waals surface area contributed by atoms with Crippen molar-refractivity contribution in [1.29, 1.82) is 0 Å². The molecule has 0 saturated carbocycles. The molecule has 256 valence electrons. The summed E-state index contributed by atoms with van der Waals surface area (Å²) in [5.74, 6) is 0. The Morgan fingerprint density at radius 2 is 1.00 bits per heavy atom. The van der Waals surface area contributed by atoms with Crippen LogP contribution < -0.4 is 4.90 Å². The predicted molar refractivity (Wildman–Crippen MR) is 227 cm³/mol. The second kappa shape index (κ2) is 11.6. The van der Waals surface area contributed by atoms with E-state index in [2.05, 4.69) is 216 Å². The Hall–Kier alpha value is -6.84. The van der Waals surface area contributed by atoms with E-state index in [1.54, 1.807) is 0 Å². The molecule has 0 aliphatic carbocycles.